The zero-order chi connectivity index (χ0) is 21.3. The van der Waals surface area contributed by atoms with Crippen LogP contribution in [-0.2, 0) is 25.5 Å². The Kier molecular flexibility index (Phi) is 5.13. The lowest BCUT2D eigenvalue weighted by Gasteiger charge is -2.36. The van der Waals surface area contributed by atoms with Crippen LogP contribution in [0.1, 0.15) is 5.56 Å². The number of carbonyl (C=O) groups is 2. The van der Waals surface area contributed by atoms with Gasteiger partial charge in [-0.3, -0.25) is 4.79 Å². The average molecular weight is 408 g/mol. The van der Waals surface area contributed by atoms with Crippen LogP contribution < -0.4 is 11.1 Å². The molecule has 2 heterocycles. The zero-order valence-corrected chi connectivity index (χ0v) is 16.3. The van der Waals surface area contributed by atoms with Crippen molar-refractivity contribution in [1.82, 2.24) is 0 Å². The van der Waals surface area contributed by atoms with Crippen molar-refractivity contribution in [3.05, 3.63) is 89.3 Å². The van der Waals surface area contributed by atoms with E-state index in [0.29, 0.717) is 12.1 Å². The summed E-state index contributed by atoms with van der Waals surface area (Å²) in [5.74, 6) is -1.76. The van der Waals surface area contributed by atoms with E-state index < -0.39 is 29.6 Å². The van der Waals surface area contributed by atoms with E-state index in [0.717, 1.165) is 5.56 Å². The van der Waals surface area contributed by atoms with Gasteiger partial charge in [0.2, 0.25) is 5.91 Å². The van der Waals surface area contributed by atoms with Gasteiger partial charge in [0.15, 0.2) is 0 Å². The van der Waals surface area contributed by atoms with Gasteiger partial charge in [-0.25, -0.2) is 9.18 Å². The number of amides is 1. The number of halogens is 1. The quantitative estimate of drug-likeness (QED) is 0.543. The molecule has 30 heavy (non-hydrogen) atoms. The fourth-order valence-corrected chi connectivity index (χ4v) is 4.08. The molecular formula is C23H21FN2O4. The molecule has 3 unspecified atom stereocenters. The van der Waals surface area contributed by atoms with E-state index in [9.17, 15) is 14.0 Å². The number of fused-ring (bicyclic) bond motifs is 2. The summed E-state index contributed by atoms with van der Waals surface area (Å²) in [7, 11) is 1.25. The number of carbonyl (C=O) groups excluding carboxylic acids is 2. The van der Waals surface area contributed by atoms with Crippen LogP contribution in [0.4, 0.5) is 10.1 Å². The molecule has 2 aromatic rings. The maximum Gasteiger partial charge on any atom is 0.337 e. The molecule has 0 fully saturated rings. The molecule has 3 N–H and O–H groups in total. The number of methoxy groups -OCH3 is 1. The molecule has 0 aromatic heterocycles. The van der Waals surface area contributed by atoms with Crippen molar-refractivity contribution in [2.45, 2.75) is 24.2 Å². The highest BCUT2D eigenvalue weighted by Gasteiger charge is 2.57. The monoisotopic (exact) mass is 408 g/mol. The number of esters is 1. The lowest BCUT2D eigenvalue weighted by Crippen LogP contribution is -2.49. The standard InChI is InChI=1S/C23H21FN2O4/c1-29-22(28)20-19(21(25)27)17-11-12-23(20,30-17)18(13-14-5-3-2-4-6-14)26-16-9-7-15(24)8-10-16/h2-12,17-18,26H,13H2,1H3,(H2,25,27). The van der Waals surface area contributed by atoms with Crippen molar-refractivity contribution in [2.24, 2.45) is 5.73 Å². The van der Waals surface area contributed by atoms with Gasteiger partial charge in [-0.2, -0.15) is 0 Å². The smallest absolute Gasteiger partial charge is 0.337 e. The van der Waals surface area contributed by atoms with Crippen molar-refractivity contribution in [3.63, 3.8) is 0 Å². The number of benzene rings is 2. The highest BCUT2D eigenvalue weighted by atomic mass is 19.1. The fraction of sp³-hybridized carbons (Fsp3) is 0.217. The second-order valence-corrected chi connectivity index (χ2v) is 7.23. The van der Waals surface area contributed by atoms with Gasteiger partial charge < -0.3 is 20.5 Å². The Morgan fingerprint density at radius 2 is 1.90 bits per heavy atom. The Bertz CT molecular complexity index is 1030. The van der Waals surface area contributed by atoms with E-state index in [-0.39, 0.29) is 17.0 Å². The summed E-state index contributed by atoms with van der Waals surface area (Å²) in [6.07, 6.45) is 3.23. The van der Waals surface area contributed by atoms with Crippen LogP contribution in [0, 0.1) is 5.82 Å². The Morgan fingerprint density at radius 1 is 1.20 bits per heavy atom. The molecule has 7 heteroatoms. The zero-order valence-electron chi connectivity index (χ0n) is 16.3. The van der Waals surface area contributed by atoms with E-state index in [4.69, 9.17) is 15.2 Å². The minimum atomic E-state index is -1.26. The van der Waals surface area contributed by atoms with E-state index in [2.05, 4.69) is 5.32 Å². The van der Waals surface area contributed by atoms with Gasteiger partial charge in [-0.1, -0.05) is 36.4 Å². The Morgan fingerprint density at radius 3 is 2.53 bits per heavy atom. The summed E-state index contributed by atoms with van der Waals surface area (Å²) in [6, 6.07) is 15.0. The highest BCUT2D eigenvalue weighted by molar-refractivity contribution is 6.06. The first-order chi connectivity index (χ1) is 14.4. The number of rotatable bonds is 7. The summed E-state index contributed by atoms with van der Waals surface area (Å²) >= 11 is 0. The first-order valence-electron chi connectivity index (χ1n) is 9.50. The SMILES string of the molecule is COC(=O)C1=C(C(N)=O)C2C=CC1(C(Cc1ccccc1)Nc1ccc(F)cc1)O2. The molecule has 2 aromatic carbocycles. The maximum absolute atomic E-state index is 13.4. The summed E-state index contributed by atoms with van der Waals surface area (Å²) < 4.78 is 24.5. The minimum Gasteiger partial charge on any atom is -0.466 e. The number of nitrogens with two attached hydrogens (primary N) is 1. The number of primary amides is 1. The molecule has 0 radical (unpaired) electrons. The third-order valence-electron chi connectivity index (χ3n) is 5.43. The van der Waals surface area contributed by atoms with E-state index in [1.54, 1.807) is 24.3 Å². The lowest BCUT2D eigenvalue weighted by molar-refractivity contribution is -0.138. The van der Waals surface area contributed by atoms with Crippen LogP contribution in [-0.4, -0.2) is 36.7 Å². The van der Waals surface area contributed by atoms with Crippen LogP contribution in [0.2, 0.25) is 0 Å². The van der Waals surface area contributed by atoms with Crippen LogP contribution in [0.15, 0.2) is 77.9 Å². The van der Waals surface area contributed by atoms with Crippen LogP contribution in [0.25, 0.3) is 0 Å². The predicted molar refractivity (Wildman–Crippen MR) is 109 cm³/mol. The van der Waals surface area contributed by atoms with E-state index >= 15 is 0 Å². The minimum absolute atomic E-state index is 0.0977. The molecule has 2 aliphatic rings. The van der Waals surface area contributed by atoms with Gasteiger partial charge in [0.05, 0.1) is 24.3 Å². The molecule has 2 aliphatic heterocycles. The second-order valence-electron chi connectivity index (χ2n) is 7.23. The second kappa shape index (κ2) is 7.76. The highest BCUT2D eigenvalue weighted by Crippen LogP contribution is 2.47. The summed E-state index contributed by atoms with van der Waals surface area (Å²) in [6.45, 7) is 0. The van der Waals surface area contributed by atoms with Crippen LogP contribution >= 0.6 is 0 Å². The molecule has 3 atom stereocenters. The van der Waals surface area contributed by atoms with Crippen molar-refractivity contribution >= 4 is 17.6 Å². The topological polar surface area (TPSA) is 90.7 Å². The number of ether oxygens (including phenoxy) is 2. The summed E-state index contributed by atoms with van der Waals surface area (Å²) in [5.41, 5.74) is 6.14. The molecule has 0 aliphatic carbocycles. The average Bonchev–Trinajstić information content (AvgIpc) is 3.33. The summed E-state index contributed by atoms with van der Waals surface area (Å²) in [5, 5.41) is 3.35. The third kappa shape index (κ3) is 3.37. The van der Waals surface area contributed by atoms with Gasteiger partial charge in [0, 0.05) is 5.69 Å². The number of nitrogens with one attached hydrogen (secondary N) is 1. The summed E-state index contributed by atoms with van der Waals surface area (Å²) in [4.78, 5) is 24.8. The van der Waals surface area contributed by atoms with Crippen molar-refractivity contribution in [3.8, 4) is 0 Å². The predicted octanol–water partition coefficient (Wildman–Crippen LogP) is 2.51. The molecule has 1 amide bonds. The number of hydrogen-bond donors (Lipinski definition) is 2. The molecular weight excluding hydrogens is 387 g/mol. The molecule has 0 saturated heterocycles. The van der Waals surface area contributed by atoms with E-state index in [1.807, 2.05) is 30.3 Å². The molecule has 2 bridgehead atoms. The van der Waals surface area contributed by atoms with E-state index in [1.165, 1.54) is 19.2 Å². The molecule has 154 valence electrons. The van der Waals surface area contributed by atoms with Gasteiger partial charge >= 0.3 is 5.97 Å². The molecule has 4 rings (SSSR count). The van der Waals surface area contributed by atoms with Crippen LogP contribution in [0.3, 0.4) is 0 Å². The first-order valence-corrected chi connectivity index (χ1v) is 9.50. The first kappa shape index (κ1) is 19.8. The van der Waals surface area contributed by atoms with Gasteiger partial charge in [-0.05, 0) is 42.3 Å². The van der Waals surface area contributed by atoms with Crippen LogP contribution in [0.5, 0.6) is 0 Å². The molecule has 0 saturated carbocycles. The number of hydrogen-bond acceptors (Lipinski definition) is 5. The van der Waals surface area contributed by atoms with Crippen molar-refractivity contribution < 1.29 is 23.5 Å². The maximum atomic E-state index is 13.4. The van der Waals surface area contributed by atoms with Gasteiger partial charge in [-0.15, -0.1) is 0 Å². The third-order valence-corrected chi connectivity index (χ3v) is 5.43. The van der Waals surface area contributed by atoms with Gasteiger partial charge in [0.1, 0.15) is 17.5 Å². The van der Waals surface area contributed by atoms with Gasteiger partial charge in [0.25, 0.3) is 0 Å². The molecule has 6 nitrogen and oxygen atoms in total. The fourth-order valence-electron chi connectivity index (χ4n) is 4.08. The Labute approximate surface area is 173 Å². The molecule has 0 spiro atoms. The lowest BCUT2D eigenvalue weighted by atomic mass is 9.79. The normalized spacial score (nSPS) is 22.8. The van der Waals surface area contributed by atoms with Crippen molar-refractivity contribution in [1.29, 1.82) is 0 Å². The Hall–Kier alpha value is -3.45. The van der Waals surface area contributed by atoms with Crippen molar-refractivity contribution in [2.75, 3.05) is 12.4 Å². The largest absolute Gasteiger partial charge is 0.466 e. The Balaban J connectivity index is 1.80. The number of anilines is 1.